The number of hydrogen-bond donors (Lipinski definition) is 3. The molecule has 0 bridgehead atoms. The highest BCUT2D eigenvalue weighted by Crippen LogP contribution is 2.00. The number of hydrogen-bond acceptors (Lipinski definition) is 2. The van der Waals surface area contributed by atoms with Crippen LogP contribution in [0.2, 0.25) is 0 Å². The molecule has 1 rings (SSSR count). The summed E-state index contributed by atoms with van der Waals surface area (Å²) in [5, 5.41) is 8.82. The molecule has 4 nitrogen and oxygen atoms in total. The van der Waals surface area contributed by atoms with Gasteiger partial charge in [-0.15, -0.1) is 11.6 Å². The molecule has 0 atom stereocenters. The van der Waals surface area contributed by atoms with E-state index in [4.69, 9.17) is 11.6 Å². The lowest BCUT2D eigenvalue weighted by atomic mass is 10.1. The van der Waals surface area contributed by atoms with Crippen molar-refractivity contribution in [3.05, 3.63) is 0 Å². The third kappa shape index (κ3) is 4.33. The summed E-state index contributed by atoms with van der Waals surface area (Å²) < 4.78 is 0. The first-order chi connectivity index (χ1) is 6.33. The van der Waals surface area contributed by atoms with E-state index in [9.17, 15) is 4.79 Å². The number of halogens is 1. The highest BCUT2D eigenvalue weighted by molar-refractivity contribution is 6.18. The molecule has 0 unspecified atom stereocenters. The second kappa shape index (κ2) is 6.05. The molecule has 1 saturated heterocycles. The smallest absolute Gasteiger partial charge is 0.315 e. The van der Waals surface area contributed by atoms with E-state index >= 15 is 0 Å². The average molecular weight is 206 g/mol. The second-order valence-corrected chi connectivity index (χ2v) is 3.49. The summed E-state index contributed by atoms with van der Waals surface area (Å²) in [7, 11) is 0. The van der Waals surface area contributed by atoms with Crippen molar-refractivity contribution in [1.29, 1.82) is 0 Å². The first kappa shape index (κ1) is 10.6. The summed E-state index contributed by atoms with van der Waals surface area (Å²) in [6, 6.07) is 0.212. The van der Waals surface area contributed by atoms with E-state index in [1.807, 2.05) is 0 Å². The molecule has 76 valence electrons. The van der Waals surface area contributed by atoms with Crippen molar-refractivity contribution in [2.45, 2.75) is 18.9 Å². The van der Waals surface area contributed by atoms with Crippen LogP contribution >= 0.6 is 11.6 Å². The summed E-state index contributed by atoms with van der Waals surface area (Å²) >= 11 is 5.44. The lowest BCUT2D eigenvalue weighted by molar-refractivity contribution is 0.234. The van der Waals surface area contributed by atoms with Gasteiger partial charge in [-0.25, -0.2) is 4.79 Å². The molecule has 0 aromatic heterocycles. The molecule has 1 aliphatic heterocycles. The zero-order valence-electron chi connectivity index (χ0n) is 7.61. The molecule has 0 spiro atoms. The molecule has 2 amide bonds. The van der Waals surface area contributed by atoms with E-state index in [2.05, 4.69) is 16.0 Å². The Morgan fingerprint density at radius 3 is 2.77 bits per heavy atom. The SMILES string of the molecule is O=C(NCCCl)NC1CCNCC1. The van der Waals surface area contributed by atoms with Gasteiger partial charge in [-0.05, 0) is 25.9 Å². The van der Waals surface area contributed by atoms with E-state index in [-0.39, 0.29) is 6.03 Å². The minimum atomic E-state index is -0.104. The van der Waals surface area contributed by atoms with Crippen molar-refractivity contribution < 1.29 is 4.79 Å². The Bertz CT molecular complexity index is 159. The van der Waals surface area contributed by atoms with Gasteiger partial charge < -0.3 is 16.0 Å². The Balaban J connectivity index is 2.11. The molecule has 0 radical (unpaired) electrons. The van der Waals surface area contributed by atoms with Crippen LogP contribution in [0.3, 0.4) is 0 Å². The van der Waals surface area contributed by atoms with Crippen LogP contribution < -0.4 is 16.0 Å². The van der Waals surface area contributed by atoms with E-state index in [0.29, 0.717) is 18.5 Å². The highest BCUT2D eigenvalue weighted by Gasteiger charge is 2.14. The summed E-state index contributed by atoms with van der Waals surface area (Å²) in [5.74, 6) is 0.458. The number of carbonyl (C=O) groups excluding carboxylic acids is 1. The van der Waals surface area contributed by atoms with Crippen LogP contribution in [0.15, 0.2) is 0 Å². The van der Waals surface area contributed by atoms with E-state index in [1.165, 1.54) is 0 Å². The third-order valence-electron chi connectivity index (χ3n) is 2.05. The molecule has 1 aliphatic rings. The topological polar surface area (TPSA) is 53.2 Å². The minimum Gasteiger partial charge on any atom is -0.337 e. The lowest BCUT2D eigenvalue weighted by Crippen LogP contribution is -2.47. The summed E-state index contributed by atoms with van der Waals surface area (Å²) in [6.07, 6.45) is 2.02. The van der Waals surface area contributed by atoms with Gasteiger partial charge in [-0.3, -0.25) is 0 Å². The molecular weight excluding hydrogens is 190 g/mol. The second-order valence-electron chi connectivity index (χ2n) is 3.11. The van der Waals surface area contributed by atoms with Crippen LogP contribution in [0.1, 0.15) is 12.8 Å². The maximum Gasteiger partial charge on any atom is 0.315 e. The molecule has 0 aromatic rings. The van der Waals surface area contributed by atoms with Gasteiger partial charge in [0.05, 0.1) is 0 Å². The van der Waals surface area contributed by atoms with Crippen LogP contribution in [-0.4, -0.2) is 37.6 Å². The fraction of sp³-hybridized carbons (Fsp3) is 0.875. The number of nitrogens with one attached hydrogen (secondary N) is 3. The average Bonchev–Trinajstić information content (AvgIpc) is 2.16. The summed E-state index contributed by atoms with van der Waals surface area (Å²) in [5.41, 5.74) is 0. The quantitative estimate of drug-likeness (QED) is 0.580. The van der Waals surface area contributed by atoms with Crippen molar-refractivity contribution in [2.75, 3.05) is 25.5 Å². The van der Waals surface area contributed by atoms with Crippen LogP contribution in [0.5, 0.6) is 0 Å². The van der Waals surface area contributed by atoms with Crippen LogP contribution in [0, 0.1) is 0 Å². The van der Waals surface area contributed by atoms with Gasteiger partial charge in [0, 0.05) is 18.5 Å². The molecule has 0 saturated carbocycles. The number of urea groups is 1. The van der Waals surface area contributed by atoms with Gasteiger partial charge in [0.1, 0.15) is 0 Å². The molecule has 0 aliphatic carbocycles. The lowest BCUT2D eigenvalue weighted by Gasteiger charge is -2.23. The van der Waals surface area contributed by atoms with E-state index in [1.54, 1.807) is 0 Å². The number of alkyl halides is 1. The third-order valence-corrected chi connectivity index (χ3v) is 2.24. The molecular formula is C8H16ClN3O. The number of amides is 2. The van der Waals surface area contributed by atoms with Gasteiger partial charge >= 0.3 is 6.03 Å². The Labute approximate surface area is 83.4 Å². The number of carbonyl (C=O) groups is 1. The Morgan fingerprint density at radius 2 is 2.15 bits per heavy atom. The molecule has 5 heteroatoms. The van der Waals surface area contributed by atoms with Crippen LogP contribution in [0.25, 0.3) is 0 Å². The van der Waals surface area contributed by atoms with Crippen molar-refractivity contribution in [3.63, 3.8) is 0 Å². The first-order valence-electron chi connectivity index (χ1n) is 4.64. The zero-order chi connectivity index (χ0) is 9.52. The van der Waals surface area contributed by atoms with Gasteiger partial charge in [-0.1, -0.05) is 0 Å². The molecule has 0 aromatic carbocycles. The number of piperidine rings is 1. The molecule has 13 heavy (non-hydrogen) atoms. The fourth-order valence-corrected chi connectivity index (χ4v) is 1.46. The fourth-order valence-electron chi connectivity index (χ4n) is 1.36. The van der Waals surface area contributed by atoms with Crippen LogP contribution in [-0.2, 0) is 0 Å². The van der Waals surface area contributed by atoms with Gasteiger partial charge in [0.2, 0.25) is 0 Å². The van der Waals surface area contributed by atoms with Crippen molar-refractivity contribution in [3.8, 4) is 0 Å². The Kier molecular flexibility index (Phi) is 4.93. The largest absolute Gasteiger partial charge is 0.337 e. The minimum absolute atomic E-state index is 0.104. The maximum atomic E-state index is 11.2. The zero-order valence-corrected chi connectivity index (χ0v) is 8.36. The predicted octanol–water partition coefficient (Wildman–Crippen LogP) is 0.276. The van der Waals surface area contributed by atoms with Crippen LogP contribution in [0.4, 0.5) is 4.79 Å². The predicted molar refractivity (Wildman–Crippen MR) is 53.1 cm³/mol. The normalized spacial score (nSPS) is 18.2. The standard InChI is InChI=1S/C8H16ClN3O/c9-3-6-11-8(13)12-7-1-4-10-5-2-7/h7,10H,1-6H2,(H2,11,12,13). The number of rotatable bonds is 3. The molecule has 3 N–H and O–H groups in total. The van der Waals surface area contributed by atoms with Gasteiger partial charge in [0.25, 0.3) is 0 Å². The van der Waals surface area contributed by atoms with Gasteiger partial charge in [-0.2, -0.15) is 0 Å². The maximum absolute atomic E-state index is 11.2. The van der Waals surface area contributed by atoms with Gasteiger partial charge in [0.15, 0.2) is 0 Å². The summed E-state index contributed by atoms with van der Waals surface area (Å²) in [4.78, 5) is 11.2. The highest BCUT2D eigenvalue weighted by atomic mass is 35.5. The van der Waals surface area contributed by atoms with Crippen molar-refractivity contribution in [1.82, 2.24) is 16.0 Å². The molecule has 1 heterocycles. The monoisotopic (exact) mass is 205 g/mol. The van der Waals surface area contributed by atoms with E-state index < -0.39 is 0 Å². The van der Waals surface area contributed by atoms with Crippen molar-refractivity contribution in [2.24, 2.45) is 0 Å². The first-order valence-corrected chi connectivity index (χ1v) is 5.17. The van der Waals surface area contributed by atoms with E-state index in [0.717, 1.165) is 25.9 Å². The molecule has 1 fully saturated rings. The summed E-state index contributed by atoms with van der Waals surface area (Å²) in [6.45, 7) is 2.50. The Hall–Kier alpha value is -0.480. The Morgan fingerprint density at radius 1 is 1.46 bits per heavy atom. The van der Waals surface area contributed by atoms with Crippen molar-refractivity contribution >= 4 is 17.6 Å².